The van der Waals surface area contributed by atoms with Crippen LogP contribution in [0.3, 0.4) is 0 Å². The van der Waals surface area contributed by atoms with Crippen LogP contribution in [-0.2, 0) is 0 Å². The highest BCUT2D eigenvalue weighted by Crippen LogP contribution is 2.31. The number of alkyl halides is 1. The van der Waals surface area contributed by atoms with Crippen LogP contribution < -0.4 is 0 Å². The Hall–Kier alpha value is -0.790. The first-order valence-corrected chi connectivity index (χ1v) is 5.02. The van der Waals surface area contributed by atoms with Crippen LogP contribution in [0.2, 0.25) is 5.02 Å². The van der Waals surface area contributed by atoms with Gasteiger partial charge in [0, 0.05) is 17.1 Å². The largest absolute Gasteiger partial charge is 0.256 e. The average Bonchev–Trinajstić information content (AvgIpc) is 2.18. The number of aromatic nitrogens is 1. The van der Waals surface area contributed by atoms with Crippen molar-refractivity contribution in [1.29, 1.82) is 0 Å². The van der Waals surface area contributed by atoms with E-state index >= 15 is 0 Å². The molecule has 2 aromatic rings. The normalized spacial score (nSPS) is 13.1. The second-order valence-electron chi connectivity index (χ2n) is 3.01. The Balaban J connectivity index is 2.75. The summed E-state index contributed by atoms with van der Waals surface area (Å²) in [5.74, 6) is 0. The quantitative estimate of drug-likeness (QED) is 0.668. The molecular weight excluding hydrogens is 217 g/mol. The lowest BCUT2D eigenvalue weighted by Crippen LogP contribution is -1.90. The molecule has 0 aliphatic heterocycles. The van der Waals surface area contributed by atoms with Gasteiger partial charge in [0.25, 0.3) is 0 Å². The van der Waals surface area contributed by atoms with Gasteiger partial charge in [0.05, 0.1) is 15.9 Å². The van der Waals surface area contributed by atoms with E-state index in [4.69, 9.17) is 23.2 Å². The van der Waals surface area contributed by atoms with Crippen molar-refractivity contribution in [2.75, 3.05) is 0 Å². The van der Waals surface area contributed by atoms with Crippen molar-refractivity contribution >= 4 is 34.1 Å². The van der Waals surface area contributed by atoms with E-state index < -0.39 is 0 Å². The molecule has 0 aliphatic rings. The number of hydrogen-bond donors (Lipinski definition) is 0. The summed E-state index contributed by atoms with van der Waals surface area (Å²) in [5.41, 5.74) is 1.64. The Morgan fingerprint density at radius 1 is 1.29 bits per heavy atom. The third-order valence-corrected chi connectivity index (χ3v) is 2.73. The van der Waals surface area contributed by atoms with E-state index in [1.807, 2.05) is 24.3 Å². The van der Waals surface area contributed by atoms with Gasteiger partial charge in [-0.05, 0) is 13.0 Å². The summed E-state index contributed by atoms with van der Waals surface area (Å²) >= 11 is 12.0. The highest BCUT2D eigenvalue weighted by molar-refractivity contribution is 6.37. The first-order valence-electron chi connectivity index (χ1n) is 4.20. The molecule has 71 valence electrons. The van der Waals surface area contributed by atoms with Crippen LogP contribution in [0.1, 0.15) is 10.9 Å². The van der Waals surface area contributed by atoms with E-state index in [2.05, 4.69) is 11.9 Å². The van der Waals surface area contributed by atoms with Gasteiger partial charge in [-0.1, -0.05) is 29.8 Å². The van der Waals surface area contributed by atoms with Crippen LogP contribution in [0.5, 0.6) is 0 Å². The molecule has 1 heterocycles. The summed E-state index contributed by atoms with van der Waals surface area (Å²) in [4.78, 5) is 4.25. The zero-order chi connectivity index (χ0) is 10.1. The fourth-order valence-electron chi connectivity index (χ4n) is 1.34. The van der Waals surface area contributed by atoms with E-state index in [0.29, 0.717) is 5.02 Å². The molecule has 0 amide bonds. The van der Waals surface area contributed by atoms with Crippen molar-refractivity contribution in [3.63, 3.8) is 0 Å². The number of rotatable bonds is 1. The monoisotopic (exact) mass is 224 g/mol. The molecule has 0 spiro atoms. The van der Waals surface area contributed by atoms with E-state index in [9.17, 15) is 0 Å². The zero-order valence-corrected chi connectivity index (χ0v) is 8.89. The van der Waals surface area contributed by atoms with Gasteiger partial charge < -0.3 is 0 Å². The standard InChI is InChI=1S/C11H8Cl2N/c1-7(12)9-6-14-10-5-3-2-4-8(10)11(9)13/h2-7H,1H2. The van der Waals surface area contributed by atoms with Crippen LogP contribution in [0.25, 0.3) is 10.9 Å². The van der Waals surface area contributed by atoms with Gasteiger partial charge in [0.15, 0.2) is 0 Å². The lowest BCUT2D eigenvalue weighted by molar-refractivity contribution is 1.18. The molecule has 1 unspecified atom stereocenters. The lowest BCUT2D eigenvalue weighted by atomic mass is 10.1. The molecule has 14 heavy (non-hydrogen) atoms. The van der Waals surface area contributed by atoms with Crippen LogP contribution in [-0.4, -0.2) is 4.98 Å². The van der Waals surface area contributed by atoms with E-state index in [-0.39, 0.29) is 5.38 Å². The van der Waals surface area contributed by atoms with Crippen LogP contribution in [0.4, 0.5) is 0 Å². The van der Waals surface area contributed by atoms with Crippen molar-refractivity contribution < 1.29 is 0 Å². The molecule has 1 nitrogen and oxygen atoms in total. The maximum absolute atomic E-state index is 6.17. The Morgan fingerprint density at radius 3 is 2.71 bits per heavy atom. The van der Waals surface area contributed by atoms with Crippen LogP contribution in [0, 0.1) is 6.92 Å². The van der Waals surface area contributed by atoms with Crippen molar-refractivity contribution in [2.45, 2.75) is 5.38 Å². The predicted octanol–water partition coefficient (Wildman–Crippen LogP) is 4.00. The number of halogens is 2. The second-order valence-corrected chi connectivity index (χ2v) is 3.92. The topological polar surface area (TPSA) is 12.9 Å². The third-order valence-electron chi connectivity index (χ3n) is 2.07. The Labute approximate surface area is 92.7 Å². The van der Waals surface area contributed by atoms with Gasteiger partial charge in [-0.25, -0.2) is 0 Å². The maximum atomic E-state index is 6.17. The molecule has 0 aliphatic carbocycles. The Bertz CT molecular complexity index is 466. The Morgan fingerprint density at radius 2 is 2.00 bits per heavy atom. The number of benzene rings is 1. The SMILES string of the molecule is [CH2]C(Cl)c1cnc2ccccc2c1Cl. The lowest BCUT2D eigenvalue weighted by Gasteiger charge is -2.07. The van der Waals surface area contributed by atoms with Crippen LogP contribution in [0.15, 0.2) is 30.5 Å². The van der Waals surface area contributed by atoms with Gasteiger partial charge in [0.2, 0.25) is 0 Å². The van der Waals surface area contributed by atoms with Gasteiger partial charge >= 0.3 is 0 Å². The fraction of sp³-hybridized carbons (Fsp3) is 0.0909. The van der Waals surface area contributed by atoms with E-state index in [0.717, 1.165) is 16.5 Å². The number of hydrogen-bond acceptors (Lipinski definition) is 1. The summed E-state index contributed by atoms with van der Waals surface area (Å²) in [7, 11) is 0. The van der Waals surface area contributed by atoms with Gasteiger partial charge in [0.1, 0.15) is 0 Å². The molecule has 0 fully saturated rings. The molecule has 0 bridgehead atoms. The summed E-state index contributed by atoms with van der Waals surface area (Å²) in [6.07, 6.45) is 1.68. The number of nitrogens with zero attached hydrogens (tertiary/aromatic N) is 1. The number of fused-ring (bicyclic) bond motifs is 1. The van der Waals surface area contributed by atoms with Gasteiger partial charge in [-0.2, -0.15) is 0 Å². The predicted molar refractivity (Wildman–Crippen MR) is 60.7 cm³/mol. The third kappa shape index (κ3) is 1.58. The molecule has 0 N–H and O–H groups in total. The summed E-state index contributed by atoms with van der Waals surface area (Å²) in [6.45, 7) is 3.72. The molecule has 0 saturated carbocycles. The molecule has 0 saturated heterocycles. The summed E-state index contributed by atoms with van der Waals surface area (Å²) < 4.78 is 0. The van der Waals surface area contributed by atoms with E-state index in [1.165, 1.54) is 0 Å². The molecule has 2 rings (SSSR count). The minimum absolute atomic E-state index is 0.361. The second kappa shape index (κ2) is 3.76. The van der Waals surface area contributed by atoms with Crippen molar-refractivity contribution in [3.8, 4) is 0 Å². The van der Waals surface area contributed by atoms with E-state index in [1.54, 1.807) is 6.20 Å². The molecule has 1 aromatic heterocycles. The van der Waals surface area contributed by atoms with Gasteiger partial charge in [-0.3, -0.25) is 4.98 Å². The molecule has 3 heteroatoms. The highest BCUT2D eigenvalue weighted by atomic mass is 35.5. The fourth-order valence-corrected chi connectivity index (χ4v) is 1.90. The zero-order valence-electron chi connectivity index (χ0n) is 7.37. The number of para-hydroxylation sites is 1. The molecular formula is C11H8Cl2N. The smallest absolute Gasteiger partial charge is 0.0717 e. The maximum Gasteiger partial charge on any atom is 0.0717 e. The van der Waals surface area contributed by atoms with Crippen molar-refractivity contribution in [2.24, 2.45) is 0 Å². The Kier molecular flexibility index (Phi) is 2.62. The van der Waals surface area contributed by atoms with Crippen LogP contribution >= 0.6 is 23.2 Å². The molecule has 1 atom stereocenters. The minimum Gasteiger partial charge on any atom is -0.256 e. The average molecular weight is 225 g/mol. The first kappa shape index (κ1) is 9.75. The van der Waals surface area contributed by atoms with Crippen molar-refractivity contribution in [3.05, 3.63) is 48.0 Å². The van der Waals surface area contributed by atoms with Crippen molar-refractivity contribution in [1.82, 2.24) is 4.98 Å². The summed E-state index contributed by atoms with van der Waals surface area (Å²) in [5, 5.41) is 1.20. The van der Waals surface area contributed by atoms with Gasteiger partial charge in [-0.15, -0.1) is 11.6 Å². The first-order chi connectivity index (χ1) is 6.70. The summed E-state index contributed by atoms with van der Waals surface area (Å²) in [6, 6.07) is 7.68. The highest BCUT2D eigenvalue weighted by Gasteiger charge is 2.10. The number of pyridine rings is 1. The molecule has 1 radical (unpaired) electrons. The molecule has 1 aromatic carbocycles. The minimum atomic E-state index is -0.361.